The first-order valence-corrected chi connectivity index (χ1v) is 13.4. The minimum Gasteiger partial charge on any atom is -0.492 e. The van der Waals surface area contributed by atoms with Crippen molar-refractivity contribution in [1.82, 2.24) is 10.2 Å². The first-order chi connectivity index (χ1) is 16.5. The van der Waals surface area contributed by atoms with E-state index in [1.54, 1.807) is 12.1 Å². The molecule has 2 aromatic carbocycles. The Morgan fingerprint density at radius 3 is 2.38 bits per heavy atom. The number of nitrogens with one attached hydrogen (secondary N) is 1. The van der Waals surface area contributed by atoms with Gasteiger partial charge in [-0.25, -0.2) is 4.39 Å². The number of piperidine rings is 2. The third-order valence-corrected chi connectivity index (χ3v) is 8.65. The van der Waals surface area contributed by atoms with E-state index in [4.69, 9.17) is 4.74 Å². The van der Waals surface area contributed by atoms with Gasteiger partial charge in [-0.05, 0) is 61.4 Å². The highest BCUT2D eigenvalue weighted by Crippen LogP contribution is 2.54. The molecule has 2 aliphatic carbocycles. The molecule has 0 amide bonds. The number of ether oxygens (including phenoxy) is 1. The largest absolute Gasteiger partial charge is 0.492 e. The fourth-order valence-corrected chi connectivity index (χ4v) is 6.77. The molecule has 178 valence electrons. The summed E-state index contributed by atoms with van der Waals surface area (Å²) in [6.45, 7) is 9.15. The van der Waals surface area contributed by atoms with Crippen molar-refractivity contribution in [2.75, 3.05) is 6.61 Å². The average molecular weight is 477 g/mol. The Bertz CT molecular complexity index is 1110. The number of hydrogen-bond donors (Lipinski definition) is 1. The van der Waals surface area contributed by atoms with Crippen LogP contribution < -0.4 is 10.1 Å². The van der Waals surface area contributed by atoms with Crippen molar-refractivity contribution in [3.8, 4) is 17.6 Å². The number of rotatable bonds is 6. The van der Waals surface area contributed by atoms with Gasteiger partial charge in [0, 0.05) is 17.0 Å². The minimum atomic E-state index is -0.399. The summed E-state index contributed by atoms with van der Waals surface area (Å²) >= 11 is 1.88. The summed E-state index contributed by atoms with van der Waals surface area (Å²) in [7, 11) is 0. The molecule has 34 heavy (non-hydrogen) atoms. The maximum atomic E-state index is 13.3. The topological polar surface area (TPSA) is 24.5 Å². The van der Waals surface area contributed by atoms with Gasteiger partial charge in [-0.1, -0.05) is 74.7 Å². The van der Waals surface area contributed by atoms with Gasteiger partial charge in [-0.15, -0.1) is 0 Å². The number of hydrogen-bond acceptors (Lipinski definition) is 4. The summed E-state index contributed by atoms with van der Waals surface area (Å²) in [4.78, 5) is 3.91. The molecule has 0 spiro atoms. The molecule has 3 nitrogen and oxygen atoms in total. The maximum absolute atomic E-state index is 13.3. The van der Waals surface area contributed by atoms with Crippen molar-refractivity contribution in [2.45, 2.75) is 63.5 Å². The lowest BCUT2D eigenvalue weighted by molar-refractivity contribution is -0.103. The van der Waals surface area contributed by atoms with Gasteiger partial charge >= 0.3 is 0 Å². The number of benzene rings is 2. The SMILES string of the molecule is CC.CC1NC(C2(N3C4CC(C4)[C@H](C)[C@H]3COc3ccc(F)cc3)C#C2)=C(c2ccccc2)S1. The van der Waals surface area contributed by atoms with Crippen LogP contribution in [-0.2, 0) is 0 Å². The first kappa shape index (κ1) is 23.3. The lowest BCUT2D eigenvalue weighted by atomic mass is 9.63. The van der Waals surface area contributed by atoms with E-state index < -0.39 is 5.54 Å². The van der Waals surface area contributed by atoms with Gasteiger partial charge in [0.25, 0.3) is 0 Å². The maximum Gasteiger partial charge on any atom is 0.186 e. The summed E-state index contributed by atoms with van der Waals surface area (Å²) in [6, 6.07) is 17.8. The average Bonchev–Trinajstić information content (AvgIpc) is 3.55. The molecule has 2 bridgehead atoms. The van der Waals surface area contributed by atoms with Crippen LogP contribution in [-0.4, -0.2) is 34.5 Å². The minimum absolute atomic E-state index is 0.240. The number of nitrogens with zero attached hydrogens (tertiary/aromatic N) is 1. The summed E-state index contributed by atoms with van der Waals surface area (Å²) in [5, 5.41) is 4.06. The Morgan fingerprint density at radius 1 is 1.06 bits per heavy atom. The second kappa shape index (κ2) is 9.32. The summed E-state index contributed by atoms with van der Waals surface area (Å²) < 4.78 is 19.5. The van der Waals surface area contributed by atoms with Gasteiger partial charge < -0.3 is 10.1 Å². The van der Waals surface area contributed by atoms with Gasteiger partial charge in [0.05, 0.1) is 11.1 Å². The fraction of sp³-hybridized carbons (Fsp3) is 0.448. The predicted octanol–water partition coefficient (Wildman–Crippen LogP) is 6.14. The molecule has 0 aromatic heterocycles. The van der Waals surface area contributed by atoms with Crippen molar-refractivity contribution in [3.05, 3.63) is 71.7 Å². The molecular formula is C29H33FN2OS. The van der Waals surface area contributed by atoms with E-state index in [1.165, 1.54) is 41.1 Å². The molecule has 2 saturated heterocycles. The molecule has 7 rings (SSSR count). The molecule has 5 heteroatoms. The molecule has 3 atom stereocenters. The van der Waals surface area contributed by atoms with E-state index >= 15 is 0 Å². The van der Waals surface area contributed by atoms with Crippen molar-refractivity contribution >= 4 is 16.7 Å². The Hall–Kier alpha value is -2.42. The Kier molecular flexibility index (Phi) is 6.39. The summed E-state index contributed by atoms with van der Waals surface area (Å²) in [5.41, 5.74) is 2.06. The third-order valence-electron chi connectivity index (χ3n) is 7.50. The molecule has 3 heterocycles. The lowest BCUT2D eigenvalue weighted by Gasteiger charge is -2.59. The van der Waals surface area contributed by atoms with Gasteiger partial charge in [-0.2, -0.15) is 0 Å². The van der Waals surface area contributed by atoms with E-state index in [0.717, 1.165) is 11.7 Å². The molecule has 3 aliphatic heterocycles. The van der Waals surface area contributed by atoms with Crippen molar-refractivity contribution < 1.29 is 9.13 Å². The highest BCUT2D eigenvalue weighted by molar-refractivity contribution is 8.09. The smallest absolute Gasteiger partial charge is 0.186 e. The van der Waals surface area contributed by atoms with E-state index in [1.807, 2.05) is 25.6 Å². The van der Waals surface area contributed by atoms with Crippen LogP contribution in [0.25, 0.3) is 4.91 Å². The zero-order valence-electron chi connectivity index (χ0n) is 20.3. The number of fused-ring (bicyclic) bond motifs is 2. The van der Waals surface area contributed by atoms with Crippen LogP contribution in [0.2, 0.25) is 0 Å². The van der Waals surface area contributed by atoms with Crippen molar-refractivity contribution in [1.29, 1.82) is 0 Å². The van der Waals surface area contributed by atoms with Crippen LogP contribution in [0.15, 0.2) is 60.3 Å². The molecule has 1 unspecified atom stereocenters. The quantitative estimate of drug-likeness (QED) is 0.507. The normalized spacial score (nSPS) is 30.2. The highest BCUT2D eigenvalue weighted by atomic mass is 32.2. The molecule has 1 saturated carbocycles. The fourth-order valence-electron chi connectivity index (χ4n) is 5.64. The van der Waals surface area contributed by atoms with E-state index in [2.05, 4.69) is 66.2 Å². The van der Waals surface area contributed by atoms with E-state index in [-0.39, 0.29) is 11.9 Å². The predicted molar refractivity (Wildman–Crippen MR) is 139 cm³/mol. The van der Waals surface area contributed by atoms with Crippen LogP contribution in [0.5, 0.6) is 5.75 Å². The van der Waals surface area contributed by atoms with Crippen molar-refractivity contribution in [2.24, 2.45) is 11.8 Å². The lowest BCUT2D eigenvalue weighted by Crippen LogP contribution is -2.68. The Labute approximate surface area is 207 Å². The van der Waals surface area contributed by atoms with E-state index in [9.17, 15) is 4.39 Å². The van der Waals surface area contributed by atoms with Gasteiger partial charge in [0.15, 0.2) is 5.54 Å². The van der Waals surface area contributed by atoms with Crippen molar-refractivity contribution in [3.63, 3.8) is 0 Å². The standard InChI is InChI=1S/C27H27FN2OS.C2H6/c1-17-20-14-22(15-20)30(24(17)16-31-23-10-8-21(28)9-11-23)27(12-13-27)26-25(32-18(2)29-26)19-6-4-3-5-7-19;1-2/h3-11,17-18,20,22,24,29H,14-16H2,1-2H3;1-2H3/t17-,18?,20?,22?,24+;/m0./s1. The summed E-state index contributed by atoms with van der Waals surface area (Å²) in [5.74, 6) is 8.81. The van der Waals surface area contributed by atoms with Gasteiger partial charge in [-0.3, -0.25) is 4.90 Å². The molecule has 3 fully saturated rings. The molecule has 2 aromatic rings. The van der Waals surface area contributed by atoms with E-state index in [0.29, 0.717) is 23.9 Å². The third kappa shape index (κ3) is 4.01. The van der Waals surface area contributed by atoms with Crippen LogP contribution >= 0.6 is 11.8 Å². The molecular weight excluding hydrogens is 443 g/mol. The van der Waals surface area contributed by atoms with Crippen LogP contribution in [0, 0.1) is 29.5 Å². The van der Waals surface area contributed by atoms with Gasteiger partial charge in [0.1, 0.15) is 18.2 Å². The van der Waals surface area contributed by atoms with Crippen LogP contribution in [0.4, 0.5) is 4.39 Å². The zero-order chi connectivity index (χ0) is 23.9. The monoisotopic (exact) mass is 476 g/mol. The highest BCUT2D eigenvalue weighted by Gasteiger charge is 2.60. The zero-order valence-corrected chi connectivity index (χ0v) is 21.2. The first-order valence-electron chi connectivity index (χ1n) is 12.5. The molecule has 0 radical (unpaired) electrons. The Morgan fingerprint density at radius 2 is 1.74 bits per heavy atom. The second-order valence-corrected chi connectivity index (χ2v) is 10.8. The van der Waals surface area contributed by atoms with Gasteiger partial charge in [0.2, 0.25) is 0 Å². The number of halogens is 1. The van der Waals surface area contributed by atoms with Crippen LogP contribution in [0.1, 0.15) is 46.1 Å². The second-order valence-electron chi connectivity index (χ2n) is 9.42. The Balaban J connectivity index is 0.00000117. The summed E-state index contributed by atoms with van der Waals surface area (Å²) in [6.07, 6.45) is 2.46. The molecule has 5 aliphatic rings. The van der Waals surface area contributed by atoms with Crippen LogP contribution in [0.3, 0.4) is 0 Å². The molecule has 1 N–H and O–H groups in total. The number of thioether (sulfide) groups is 1.